The van der Waals surface area contributed by atoms with E-state index in [1.165, 1.54) is 0 Å². The van der Waals surface area contributed by atoms with Gasteiger partial charge in [-0.1, -0.05) is 18.2 Å². The second-order valence-electron chi connectivity index (χ2n) is 5.40. The average molecular weight is 310 g/mol. The first kappa shape index (κ1) is 15.5. The van der Waals surface area contributed by atoms with Crippen molar-refractivity contribution >= 4 is 16.0 Å². The van der Waals surface area contributed by atoms with Crippen molar-refractivity contribution in [2.75, 3.05) is 18.1 Å². The molecule has 0 fully saturated rings. The summed E-state index contributed by atoms with van der Waals surface area (Å²) in [5.41, 5.74) is 0.160. The zero-order valence-corrected chi connectivity index (χ0v) is 12.9. The van der Waals surface area contributed by atoms with E-state index >= 15 is 0 Å². The van der Waals surface area contributed by atoms with E-state index in [9.17, 15) is 8.42 Å². The normalized spacial score (nSPS) is 12.3. The molecule has 2 N–H and O–H groups in total. The van der Waals surface area contributed by atoms with Gasteiger partial charge in [0.25, 0.3) is 11.8 Å². The van der Waals surface area contributed by atoms with E-state index in [0.29, 0.717) is 18.4 Å². The Morgan fingerprint density at radius 3 is 2.52 bits per heavy atom. The Kier molecular flexibility index (Phi) is 4.29. The summed E-state index contributed by atoms with van der Waals surface area (Å²) in [4.78, 5) is 4.21. The summed E-state index contributed by atoms with van der Waals surface area (Å²) in [7, 11) is -3.28. The van der Waals surface area contributed by atoms with Crippen LogP contribution >= 0.6 is 0 Å². The maximum absolute atomic E-state index is 11.3. The molecule has 0 spiro atoms. The van der Waals surface area contributed by atoms with Gasteiger partial charge in [-0.3, -0.25) is 0 Å². The molecule has 0 aliphatic rings. The lowest BCUT2D eigenvalue weighted by Gasteiger charge is -2.24. The molecule has 0 saturated heterocycles. The maximum atomic E-state index is 11.3. The van der Waals surface area contributed by atoms with Crippen molar-refractivity contribution in [3.05, 3.63) is 30.3 Å². The third-order valence-electron chi connectivity index (χ3n) is 2.60. The minimum Gasteiger partial charge on any atom is -0.350 e. The summed E-state index contributed by atoms with van der Waals surface area (Å²) >= 11 is 0. The highest BCUT2D eigenvalue weighted by atomic mass is 32.2. The van der Waals surface area contributed by atoms with Gasteiger partial charge in [-0.05, 0) is 31.1 Å². The molecule has 8 heteroatoms. The minimum absolute atomic E-state index is 0.317. The van der Waals surface area contributed by atoms with Gasteiger partial charge in [0.05, 0.1) is 6.26 Å². The average Bonchev–Trinajstić information content (AvgIpc) is 2.84. The van der Waals surface area contributed by atoms with Crippen molar-refractivity contribution in [3.8, 4) is 11.5 Å². The Hall–Kier alpha value is -1.93. The van der Waals surface area contributed by atoms with Crippen molar-refractivity contribution in [1.82, 2.24) is 14.9 Å². The Morgan fingerprint density at radius 2 is 1.90 bits per heavy atom. The second-order valence-corrected chi connectivity index (χ2v) is 7.15. The first-order valence-electron chi connectivity index (χ1n) is 6.37. The first-order valence-corrected chi connectivity index (χ1v) is 8.26. The van der Waals surface area contributed by atoms with Crippen LogP contribution in [0.1, 0.15) is 13.8 Å². The van der Waals surface area contributed by atoms with Crippen LogP contribution in [0, 0.1) is 0 Å². The van der Waals surface area contributed by atoms with Crippen LogP contribution in [-0.4, -0.2) is 36.9 Å². The highest BCUT2D eigenvalue weighted by Gasteiger charge is 2.22. The van der Waals surface area contributed by atoms with E-state index in [4.69, 9.17) is 4.52 Å². The molecular weight excluding hydrogens is 292 g/mol. The SMILES string of the molecule is CC(C)(CNc1noc(-c2ccccc2)n1)NS(C)(=O)=O. The molecule has 0 bridgehead atoms. The van der Waals surface area contributed by atoms with Gasteiger partial charge in [0.2, 0.25) is 10.0 Å². The van der Waals surface area contributed by atoms with E-state index in [1.807, 2.05) is 30.3 Å². The second kappa shape index (κ2) is 5.82. The molecule has 114 valence electrons. The van der Waals surface area contributed by atoms with Crippen LogP contribution in [0.4, 0.5) is 5.95 Å². The molecule has 2 rings (SSSR count). The summed E-state index contributed by atoms with van der Waals surface area (Å²) in [5, 5.41) is 6.77. The molecule has 0 saturated carbocycles. The van der Waals surface area contributed by atoms with Crippen molar-refractivity contribution in [2.45, 2.75) is 19.4 Å². The molecule has 0 unspecified atom stereocenters. The first-order chi connectivity index (χ1) is 9.75. The zero-order chi connectivity index (χ0) is 15.5. The highest BCUT2D eigenvalue weighted by molar-refractivity contribution is 7.88. The molecule has 1 heterocycles. The number of sulfonamides is 1. The number of nitrogens with one attached hydrogen (secondary N) is 2. The molecule has 0 aliphatic carbocycles. The topological polar surface area (TPSA) is 97.1 Å². The smallest absolute Gasteiger partial charge is 0.263 e. The summed E-state index contributed by atoms with van der Waals surface area (Å²) < 4.78 is 30.2. The fraction of sp³-hybridized carbons (Fsp3) is 0.385. The van der Waals surface area contributed by atoms with Gasteiger partial charge in [-0.15, -0.1) is 0 Å². The van der Waals surface area contributed by atoms with Crippen LogP contribution in [-0.2, 0) is 10.0 Å². The molecular formula is C13H18N4O3S. The summed E-state index contributed by atoms with van der Waals surface area (Å²) in [5.74, 6) is 0.726. The minimum atomic E-state index is -3.28. The molecule has 0 aliphatic heterocycles. The molecule has 1 aromatic carbocycles. The van der Waals surface area contributed by atoms with E-state index in [2.05, 4.69) is 20.2 Å². The van der Waals surface area contributed by atoms with Gasteiger partial charge >= 0.3 is 0 Å². The Labute approximate surface area is 123 Å². The van der Waals surface area contributed by atoms with E-state index in [1.54, 1.807) is 13.8 Å². The number of aromatic nitrogens is 2. The van der Waals surface area contributed by atoms with Gasteiger partial charge < -0.3 is 9.84 Å². The van der Waals surface area contributed by atoms with Crippen molar-refractivity contribution in [1.29, 1.82) is 0 Å². The monoisotopic (exact) mass is 310 g/mol. The van der Waals surface area contributed by atoms with Gasteiger partial charge in [-0.2, -0.15) is 4.98 Å². The molecule has 1 aromatic heterocycles. The van der Waals surface area contributed by atoms with E-state index in [0.717, 1.165) is 11.8 Å². The van der Waals surface area contributed by atoms with Crippen molar-refractivity contribution in [3.63, 3.8) is 0 Å². The Bertz CT molecular complexity index is 695. The number of hydrogen-bond donors (Lipinski definition) is 2. The van der Waals surface area contributed by atoms with Crippen molar-refractivity contribution < 1.29 is 12.9 Å². The lowest BCUT2D eigenvalue weighted by Crippen LogP contribution is -2.47. The number of rotatable bonds is 6. The fourth-order valence-corrected chi connectivity index (χ4v) is 2.91. The van der Waals surface area contributed by atoms with Crippen LogP contribution in [0.25, 0.3) is 11.5 Å². The van der Waals surface area contributed by atoms with Gasteiger partial charge in [0, 0.05) is 17.6 Å². The van der Waals surface area contributed by atoms with Gasteiger partial charge in [0.15, 0.2) is 0 Å². The molecule has 2 aromatic rings. The third-order valence-corrected chi connectivity index (χ3v) is 3.52. The zero-order valence-electron chi connectivity index (χ0n) is 12.1. The van der Waals surface area contributed by atoms with Gasteiger partial charge in [-0.25, -0.2) is 13.1 Å². The lowest BCUT2D eigenvalue weighted by atomic mass is 10.1. The standard InChI is InChI=1S/C13H18N4O3S/c1-13(2,17-21(3,18)19)9-14-12-15-11(20-16-12)10-7-5-4-6-8-10/h4-8,17H,9H2,1-3H3,(H,14,16). The molecule has 0 radical (unpaired) electrons. The summed E-state index contributed by atoms with van der Waals surface area (Å²) in [6.07, 6.45) is 1.12. The molecule has 0 atom stereocenters. The Balaban J connectivity index is 2.00. The predicted molar refractivity (Wildman–Crippen MR) is 80.3 cm³/mol. The van der Waals surface area contributed by atoms with Crippen LogP contribution in [0.15, 0.2) is 34.9 Å². The van der Waals surface area contributed by atoms with E-state index < -0.39 is 15.6 Å². The summed E-state index contributed by atoms with van der Waals surface area (Å²) in [6, 6.07) is 9.40. The predicted octanol–water partition coefficient (Wildman–Crippen LogP) is 1.48. The number of anilines is 1. The maximum Gasteiger partial charge on any atom is 0.263 e. The van der Waals surface area contributed by atoms with Crippen LogP contribution in [0.5, 0.6) is 0 Å². The number of nitrogens with zero attached hydrogens (tertiary/aromatic N) is 2. The van der Waals surface area contributed by atoms with Crippen LogP contribution in [0.3, 0.4) is 0 Å². The molecule has 21 heavy (non-hydrogen) atoms. The molecule has 0 amide bonds. The molecule has 7 nitrogen and oxygen atoms in total. The van der Waals surface area contributed by atoms with Crippen molar-refractivity contribution in [2.24, 2.45) is 0 Å². The van der Waals surface area contributed by atoms with Crippen LogP contribution < -0.4 is 10.0 Å². The lowest BCUT2D eigenvalue weighted by molar-refractivity contribution is 0.430. The number of benzene rings is 1. The van der Waals surface area contributed by atoms with Crippen LogP contribution in [0.2, 0.25) is 0 Å². The summed E-state index contributed by atoms with van der Waals surface area (Å²) in [6.45, 7) is 3.85. The fourth-order valence-electron chi connectivity index (χ4n) is 1.83. The highest BCUT2D eigenvalue weighted by Crippen LogP contribution is 2.18. The number of hydrogen-bond acceptors (Lipinski definition) is 6. The van der Waals surface area contributed by atoms with E-state index in [-0.39, 0.29) is 0 Å². The largest absolute Gasteiger partial charge is 0.350 e. The Morgan fingerprint density at radius 1 is 1.24 bits per heavy atom. The quantitative estimate of drug-likeness (QED) is 0.838. The van der Waals surface area contributed by atoms with Gasteiger partial charge in [0.1, 0.15) is 0 Å². The third kappa shape index (κ3) is 4.83.